The maximum atomic E-state index is 12.8. The van der Waals surface area contributed by atoms with Crippen molar-refractivity contribution in [2.45, 2.75) is 24.2 Å². The van der Waals surface area contributed by atoms with Crippen molar-refractivity contribution < 1.29 is 13.2 Å². The van der Waals surface area contributed by atoms with Gasteiger partial charge in [0, 0.05) is 31.2 Å². The summed E-state index contributed by atoms with van der Waals surface area (Å²) >= 11 is 0. The van der Waals surface area contributed by atoms with Crippen LogP contribution in [0.5, 0.6) is 0 Å². The number of likely N-dealkylation sites (tertiary alicyclic amines) is 1. The van der Waals surface area contributed by atoms with Crippen LogP contribution in [-0.4, -0.2) is 50.4 Å². The third-order valence-electron chi connectivity index (χ3n) is 5.58. The zero-order valence-corrected chi connectivity index (χ0v) is 16.4. The number of rotatable bonds is 5. The molecule has 1 unspecified atom stereocenters. The number of aromatic nitrogens is 1. The highest BCUT2D eigenvalue weighted by Gasteiger charge is 2.29. The van der Waals surface area contributed by atoms with E-state index in [1.165, 1.54) is 11.6 Å². The molecule has 2 aromatic rings. The van der Waals surface area contributed by atoms with E-state index in [4.69, 9.17) is 5.14 Å². The molecule has 1 saturated heterocycles. The molecule has 8 heteroatoms. The highest BCUT2D eigenvalue weighted by molar-refractivity contribution is 7.89. The average Bonchev–Trinajstić information content (AvgIpc) is 3.28. The van der Waals surface area contributed by atoms with E-state index in [-0.39, 0.29) is 10.8 Å². The minimum absolute atomic E-state index is 0.0617. The number of carbonyl (C=O) groups is 1. The Morgan fingerprint density at radius 1 is 1.18 bits per heavy atom. The van der Waals surface area contributed by atoms with Crippen molar-refractivity contribution in [3.63, 3.8) is 0 Å². The first-order valence-electron chi connectivity index (χ1n) is 9.47. The van der Waals surface area contributed by atoms with Gasteiger partial charge in [-0.3, -0.25) is 14.7 Å². The molecular weight excluding hydrogens is 376 g/mol. The first-order valence-corrected chi connectivity index (χ1v) is 11.0. The molecule has 7 nitrogen and oxygen atoms in total. The van der Waals surface area contributed by atoms with Crippen LogP contribution in [0.3, 0.4) is 0 Å². The second kappa shape index (κ2) is 7.62. The van der Waals surface area contributed by atoms with E-state index in [1.54, 1.807) is 17.0 Å². The molecule has 0 aliphatic carbocycles. The topological polar surface area (TPSA) is 96.6 Å². The smallest absolute Gasteiger partial charge is 0.241 e. The summed E-state index contributed by atoms with van der Waals surface area (Å²) in [5.74, 6) is 0.616. The molecule has 0 bridgehead atoms. The molecule has 2 N–H and O–H groups in total. The SMILES string of the molecule is NS(=O)(=O)c1ccc2c(c1)CCN2C(=O)CN1CCC(Cc2ccncc2)C1. The first kappa shape index (κ1) is 19.0. The molecule has 1 amide bonds. The lowest BCUT2D eigenvalue weighted by atomic mass is 10.00. The number of carbonyl (C=O) groups excluding carboxylic acids is 1. The lowest BCUT2D eigenvalue weighted by molar-refractivity contribution is -0.119. The number of sulfonamides is 1. The Kier molecular flexibility index (Phi) is 5.18. The number of hydrogen-bond acceptors (Lipinski definition) is 5. The molecule has 1 aromatic heterocycles. The fraction of sp³-hybridized carbons (Fsp3) is 0.400. The maximum absolute atomic E-state index is 12.8. The molecule has 2 aliphatic heterocycles. The summed E-state index contributed by atoms with van der Waals surface area (Å²) in [6, 6.07) is 8.84. The summed E-state index contributed by atoms with van der Waals surface area (Å²) < 4.78 is 23.1. The fourth-order valence-electron chi connectivity index (χ4n) is 4.17. The van der Waals surface area contributed by atoms with Crippen molar-refractivity contribution in [3.8, 4) is 0 Å². The van der Waals surface area contributed by atoms with Crippen LogP contribution >= 0.6 is 0 Å². The number of primary sulfonamides is 1. The number of anilines is 1. The van der Waals surface area contributed by atoms with Gasteiger partial charge < -0.3 is 4.90 Å². The zero-order valence-electron chi connectivity index (χ0n) is 15.6. The van der Waals surface area contributed by atoms with Gasteiger partial charge in [-0.2, -0.15) is 0 Å². The Morgan fingerprint density at radius 3 is 2.71 bits per heavy atom. The van der Waals surface area contributed by atoms with Gasteiger partial charge in [-0.15, -0.1) is 0 Å². The minimum atomic E-state index is -3.73. The average molecular weight is 401 g/mol. The molecular formula is C20H24N4O3S. The molecule has 1 aromatic carbocycles. The Bertz CT molecular complexity index is 978. The zero-order chi connectivity index (χ0) is 19.7. The summed E-state index contributed by atoms with van der Waals surface area (Å²) in [5, 5.41) is 5.20. The molecule has 0 spiro atoms. The van der Waals surface area contributed by atoms with Gasteiger partial charge in [0.1, 0.15) is 0 Å². The normalized spacial score (nSPS) is 19.8. The quantitative estimate of drug-likeness (QED) is 0.813. The standard InChI is InChI=1S/C20H24N4O3S/c21-28(26,27)18-1-2-19-17(12-18)6-10-24(19)20(25)14-23-9-5-16(13-23)11-15-3-7-22-8-4-15/h1-4,7-8,12,16H,5-6,9-11,13-14H2,(H2,21,26,27). The van der Waals surface area contributed by atoms with Crippen LogP contribution in [0, 0.1) is 5.92 Å². The van der Waals surface area contributed by atoms with Crippen molar-refractivity contribution in [1.29, 1.82) is 0 Å². The number of nitrogens with two attached hydrogens (primary N) is 1. The molecule has 1 atom stereocenters. The van der Waals surface area contributed by atoms with E-state index in [1.807, 2.05) is 24.5 Å². The largest absolute Gasteiger partial charge is 0.311 e. The van der Waals surface area contributed by atoms with Gasteiger partial charge in [0.25, 0.3) is 0 Å². The number of fused-ring (bicyclic) bond motifs is 1. The maximum Gasteiger partial charge on any atom is 0.241 e. The van der Waals surface area contributed by atoms with Gasteiger partial charge in [0.2, 0.25) is 15.9 Å². The summed E-state index contributed by atoms with van der Waals surface area (Å²) in [4.78, 5) is 21.0. The number of benzene rings is 1. The molecule has 1 fully saturated rings. The van der Waals surface area contributed by atoms with Gasteiger partial charge in [-0.1, -0.05) is 0 Å². The van der Waals surface area contributed by atoms with Gasteiger partial charge in [-0.25, -0.2) is 13.6 Å². The van der Waals surface area contributed by atoms with E-state index in [9.17, 15) is 13.2 Å². The van der Waals surface area contributed by atoms with Crippen molar-refractivity contribution in [1.82, 2.24) is 9.88 Å². The van der Waals surface area contributed by atoms with E-state index >= 15 is 0 Å². The fourth-order valence-corrected chi connectivity index (χ4v) is 4.73. The Labute approximate surface area is 165 Å². The van der Waals surface area contributed by atoms with E-state index < -0.39 is 10.0 Å². The summed E-state index contributed by atoms with van der Waals surface area (Å²) in [6.45, 7) is 2.81. The Morgan fingerprint density at radius 2 is 1.96 bits per heavy atom. The van der Waals surface area contributed by atoms with Crippen LogP contribution in [-0.2, 0) is 27.7 Å². The molecule has 2 aliphatic rings. The van der Waals surface area contributed by atoms with Crippen LogP contribution < -0.4 is 10.0 Å². The molecule has 0 radical (unpaired) electrons. The summed E-state index contributed by atoms with van der Waals surface area (Å²) in [6.07, 6.45) is 6.38. The Balaban J connectivity index is 1.37. The predicted octanol–water partition coefficient (Wildman–Crippen LogP) is 1.18. The van der Waals surface area contributed by atoms with E-state index in [0.717, 1.165) is 37.2 Å². The van der Waals surface area contributed by atoms with Crippen molar-refractivity contribution >= 4 is 21.6 Å². The van der Waals surface area contributed by atoms with Crippen LogP contribution in [0.4, 0.5) is 5.69 Å². The van der Waals surface area contributed by atoms with Crippen molar-refractivity contribution in [2.24, 2.45) is 11.1 Å². The summed E-state index contributed by atoms with van der Waals surface area (Å²) in [5.41, 5.74) is 2.94. The lowest BCUT2D eigenvalue weighted by Gasteiger charge is -2.22. The van der Waals surface area contributed by atoms with Gasteiger partial charge >= 0.3 is 0 Å². The van der Waals surface area contributed by atoms with Crippen LogP contribution in [0.2, 0.25) is 0 Å². The molecule has 0 saturated carbocycles. The number of hydrogen-bond donors (Lipinski definition) is 1. The van der Waals surface area contributed by atoms with Gasteiger partial charge in [0.15, 0.2) is 0 Å². The van der Waals surface area contributed by atoms with Crippen LogP contribution in [0.25, 0.3) is 0 Å². The number of nitrogens with zero attached hydrogens (tertiary/aromatic N) is 3. The van der Waals surface area contributed by atoms with Crippen LogP contribution in [0.15, 0.2) is 47.6 Å². The van der Waals surface area contributed by atoms with Crippen molar-refractivity contribution in [3.05, 3.63) is 53.9 Å². The van der Waals surface area contributed by atoms with Crippen LogP contribution in [0.1, 0.15) is 17.5 Å². The number of pyridine rings is 1. The molecule has 28 heavy (non-hydrogen) atoms. The second-order valence-electron chi connectivity index (χ2n) is 7.58. The second-order valence-corrected chi connectivity index (χ2v) is 9.14. The summed E-state index contributed by atoms with van der Waals surface area (Å²) in [7, 11) is -3.73. The third-order valence-corrected chi connectivity index (χ3v) is 6.49. The van der Waals surface area contributed by atoms with E-state index in [2.05, 4.69) is 9.88 Å². The molecule has 4 rings (SSSR count). The molecule has 148 valence electrons. The van der Waals surface area contributed by atoms with Gasteiger partial charge in [0.05, 0.1) is 11.4 Å². The first-order chi connectivity index (χ1) is 13.4. The Hall–Kier alpha value is -2.29. The predicted molar refractivity (Wildman–Crippen MR) is 106 cm³/mol. The highest BCUT2D eigenvalue weighted by Crippen LogP contribution is 2.30. The third kappa shape index (κ3) is 4.09. The molecule has 3 heterocycles. The van der Waals surface area contributed by atoms with Crippen molar-refractivity contribution in [2.75, 3.05) is 31.1 Å². The van der Waals surface area contributed by atoms with E-state index in [0.29, 0.717) is 25.4 Å². The number of amides is 1. The monoisotopic (exact) mass is 400 g/mol. The lowest BCUT2D eigenvalue weighted by Crippen LogP contribution is -2.38. The highest BCUT2D eigenvalue weighted by atomic mass is 32.2. The van der Waals surface area contributed by atoms with Gasteiger partial charge in [-0.05, 0) is 73.2 Å². The minimum Gasteiger partial charge on any atom is -0.311 e.